The van der Waals surface area contributed by atoms with Gasteiger partial charge in [-0.25, -0.2) is 10.8 Å². The van der Waals surface area contributed by atoms with E-state index in [9.17, 15) is 22.8 Å². The van der Waals surface area contributed by atoms with Crippen molar-refractivity contribution in [1.82, 2.24) is 15.0 Å². The molecule has 8 nitrogen and oxygen atoms in total. The van der Waals surface area contributed by atoms with E-state index >= 15 is 0 Å². The molecule has 0 saturated heterocycles. The van der Waals surface area contributed by atoms with Crippen molar-refractivity contribution >= 4 is 22.3 Å². The molecule has 2 aromatic heterocycles. The first-order valence-electron chi connectivity index (χ1n) is 14.1. The van der Waals surface area contributed by atoms with Gasteiger partial charge in [-0.2, -0.15) is 22.8 Å². The van der Waals surface area contributed by atoms with E-state index in [2.05, 4.69) is 47.4 Å². The number of halogens is 4. The standard InChI is InChI=1S/C29H34F4N8.C2H6/c1-16-10-19(11-21-24(16)37-13-18(12-34)25(21)38-15-27(3,4)5)40-26(20-6-7-23(30)39-17(20)2)22(35)14-41(36)28(8-9-28)29(31,32)33;1-2/h6-7,10-11,13-14,26,40H,8-9,15,35-36H2,1-5H3,(H,37,38);1-2H3/b22-14-;. The molecule has 6 N–H and O–H groups in total. The van der Waals surface area contributed by atoms with Crippen LogP contribution in [0.25, 0.3) is 10.9 Å². The zero-order valence-electron chi connectivity index (χ0n) is 25.6. The molecule has 1 aliphatic rings. The number of hydrazine groups is 1. The lowest BCUT2D eigenvalue weighted by molar-refractivity contribution is -0.189. The summed E-state index contributed by atoms with van der Waals surface area (Å²) in [6.07, 6.45) is -2.23. The van der Waals surface area contributed by atoms with Gasteiger partial charge in [-0.05, 0) is 55.9 Å². The number of aryl methyl sites for hydroxylation is 2. The number of hydrogen-bond donors (Lipinski definition) is 4. The van der Waals surface area contributed by atoms with Gasteiger partial charge in [0.2, 0.25) is 5.95 Å². The quantitative estimate of drug-likeness (QED) is 0.0945. The van der Waals surface area contributed by atoms with Gasteiger partial charge < -0.3 is 21.4 Å². The topological polar surface area (TPSA) is 129 Å². The summed E-state index contributed by atoms with van der Waals surface area (Å²) in [6, 6.07) is 7.53. The molecule has 1 fully saturated rings. The van der Waals surface area contributed by atoms with E-state index in [0.29, 0.717) is 50.7 Å². The minimum Gasteiger partial charge on any atom is -0.399 e. The Bertz CT molecular complexity index is 1530. The second-order valence-corrected chi connectivity index (χ2v) is 11.7. The molecule has 1 aromatic carbocycles. The number of aromatic nitrogens is 2. The molecule has 0 radical (unpaired) electrons. The van der Waals surface area contributed by atoms with E-state index < -0.39 is 23.7 Å². The highest BCUT2D eigenvalue weighted by molar-refractivity contribution is 5.97. The Hall–Kier alpha value is -4.11. The Labute approximate surface area is 250 Å². The fourth-order valence-corrected chi connectivity index (χ4v) is 4.71. The highest BCUT2D eigenvalue weighted by Crippen LogP contribution is 2.52. The van der Waals surface area contributed by atoms with Crippen LogP contribution in [0, 0.1) is 36.5 Å². The van der Waals surface area contributed by atoms with Crippen LogP contribution < -0.4 is 22.2 Å². The number of rotatable bonds is 8. The smallest absolute Gasteiger partial charge is 0.399 e. The average Bonchev–Trinajstić information content (AvgIpc) is 3.74. The molecule has 1 aliphatic carbocycles. The third kappa shape index (κ3) is 7.28. The Morgan fingerprint density at radius 2 is 1.84 bits per heavy atom. The maximum Gasteiger partial charge on any atom is 0.413 e. The SMILES string of the molecule is CC.Cc1nc(F)ccc1C(Nc1cc(C)c2ncc(C#N)c(NCC(C)(C)C)c2c1)/C(N)=C/N(N)C1(C(F)(F)F)CC1. The molecular weight excluding hydrogens is 560 g/mol. The molecule has 0 spiro atoms. The van der Waals surface area contributed by atoms with Gasteiger partial charge in [0.25, 0.3) is 0 Å². The molecule has 0 aliphatic heterocycles. The number of benzene rings is 1. The van der Waals surface area contributed by atoms with E-state index in [1.165, 1.54) is 12.3 Å². The van der Waals surface area contributed by atoms with E-state index in [1.54, 1.807) is 13.0 Å². The van der Waals surface area contributed by atoms with Crippen molar-refractivity contribution in [2.24, 2.45) is 17.0 Å². The molecule has 1 unspecified atom stereocenters. The predicted molar refractivity (Wildman–Crippen MR) is 162 cm³/mol. The summed E-state index contributed by atoms with van der Waals surface area (Å²) in [4.78, 5) is 8.36. The van der Waals surface area contributed by atoms with Crippen molar-refractivity contribution in [3.8, 4) is 6.07 Å². The Kier molecular flexibility index (Phi) is 9.81. The molecule has 1 saturated carbocycles. The van der Waals surface area contributed by atoms with Gasteiger partial charge in [0.05, 0.1) is 28.5 Å². The number of pyridine rings is 2. The van der Waals surface area contributed by atoms with Gasteiger partial charge in [0.15, 0.2) is 5.54 Å². The molecular formula is C31H40F4N8. The third-order valence-electron chi connectivity index (χ3n) is 7.16. The number of nitrogens with two attached hydrogens (primary N) is 2. The lowest BCUT2D eigenvalue weighted by atomic mass is 9.96. The van der Waals surface area contributed by atoms with Crippen molar-refractivity contribution in [2.45, 2.75) is 79.1 Å². The predicted octanol–water partition coefficient (Wildman–Crippen LogP) is 6.97. The fraction of sp³-hybridized carbons (Fsp3) is 0.452. The summed E-state index contributed by atoms with van der Waals surface area (Å²) in [5.41, 5.74) is 7.91. The number of nitriles is 1. The van der Waals surface area contributed by atoms with Crippen molar-refractivity contribution in [1.29, 1.82) is 5.26 Å². The van der Waals surface area contributed by atoms with Crippen LogP contribution in [0.15, 0.2) is 42.4 Å². The van der Waals surface area contributed by atoms with E-state index in [1.807, 2.05) is 26.8 Å². The Morgan fingerprint density at radius 1 is 1.19 bits per heavy atom. The zero-order valence-corrected chi connectivity index (χ0v) is 25.6. The summed E-state index contributed by atoms with van der Waals surface area (Å²) in [5.74, 6) is 5.20. The van der Waals surface area contributed by atoms with Gasteiger partial charge in [-0.1, -0.05) is 40.7 Å². The van der Waals surface area contributed by atoms with Gasteiger partial charge in [-0.3, -0.25) is 4.98 Å². The Balaban J connectivity index is 0.00000248. The van der Waals surface area contributed by atoms with Gasteiger partial charge in [-0.15, -0.1) is 0 Å². The number of fused-ring (bicyclic) bond motifs is 1. The number of nitrogens with zero attached hydrogens (tertiary/aromatic N) is 4. The van der Waals surface area contributed by atoms with Crippen LogP contribution >= 0.6 is 0 Å². The largest absolute Gasteiger partial charge is 0.413 e. The molecule has 3 aromatic rings. The van der Waals surface area contributed by atoms with Crippen molar-refractivity contribution < 1.29 is 17.6 Å². The van der Waals surface area contributed by atoms with Crippen molar-refractivity contribution in [3.63, 3.8) is 0 Å². The van der Waals surface area contributed by atoms with Crippen molar-refractivity contribution in [3.05, 3.63) is 70.7 Å². The molecule has 0 bridgehead atoms. The van der Waals surface area contributed by atoms with Crippen LogP contribution in [-0.2, 0) is 0 Å². The third-order valence-corrected chi connectivity index (χ3v) is 7.16. The zero-order chi connectivity index (χ0) is 32.3. The number of nitrogens with one attached hydrogen (secondary N) is 2. The molecule has 0 amide bonds. The average molecular weight is 601 g/mol. The lowest BCUT2D eigenvalue weighted by Gasteiger charge is -2.30. The minimum absolute atomic E-state index is 0.0211. The summed E-state index contributed by atoms with van der Waals surface area (Å²) in [7, 11) is 0. The summed E-state index contributed by atoms with van der Waals surface area (Å²) in [6.45, 7) is 14.2. The van der Waals surface area contributed by atoms with Gasteiger partial charge in [0, 0.05) is 41.3 Å². The number of anilines is 2. The van der Waals surface area contributed by atoms with Crippen molar-refractivity contribution in [2.75, 3.05) is 17.2 Å². The fourth-order valence-electron chi connectivity index (χ4n) is 4.71. The first kappa shape index (κ1) is 33.4. The second-order valence-electron chi connectivity index (χ2n) is 11.7. The summed E-state index contributed by atoms with van der Waals surface area (Å²) < 4.78 is 55.0. The van der Waals surface area contributed by atoms with E-state index in [4.69, 9.17) is 11.6 Å². The van der Waals surface area contributed by atoms with E-state index in [0.717, 1.165) is 17.8 Å². The second kappa shape index (κ2) is 12.6. The minimum atomic E-state index is -4.54. The molecule has 4 rings (SSSR count). The highest BCUT2D eigenvalue weighted by Gasteiger charge is 2.66. The normalized spacial score (nSPS) is 15.2. The van der Waals surface area contributed by atoms with Gasteiger partial charge >= 0.3 is 6.18 Å². The van der Waals surface area contributed by atoms with Crippen LogP contribution in [0.3, 0.4) is 0 Å². The number of hydrogen-bond acceptors (Lipinski definition) is 8. The first-order valence-corrected chi connectivity index (χ1v) is 14.1. The lowest BCUT2D eigenvalue weighted by Crippen LogP contribution is -2.49. The summed E-state index contributed by atoms with van der Waals surface area (Å²) >= 11 is 0. The number of alkyl halides is 3. The maximum absolute atomic E-state index is 13.9. The van der Waals surface area contributed by atoms with Crippen LogP contribution in [0.5, 0.6) is 0 Å². The summed E-state index contributed by atoms with van der Waals surface area (Å²) in [5, 5.41) is 17.7. The van der Waals surface area contributed by atoms with Crippen LogP contribution in [-0.4, -0.2) is 33.2 Å². The monoisotopic (exact) mass is 600 g/mol. The first-order chi connectivity index (χ1) is 20.1. The van der Waals surface area contributed by atoms with Crippen LogP contribution in [0.2, 0.25) is 0 Å². The van der Waals surface area contributed by atoms with E-state index in [-0.39, 0.29) is 24.0 Å². The molecule has 12 heteroatoms. The van der Waals surface area contributed by atoms with Gasteiger partial charge in [0.1, 0.15) is 6.07 Å². The van der Waals surface area contributed by atoms with Crippen LogP contribution in [0.1, 0.15) is 75.9 Å². The Morgan fingerprint density at radius 3 is 2.37 bits per heavy atom. The molecule has 43 heavy (non-hydrogen) atoms. The highest BCUT2D eigenvalue weighted by atomic mass is 19.4. The molecule has 232 valence electrons. The molecule has 2 heterocycles. The molecule has 1 atom stereocenters. The maximum atomic E-state index is 13.9. The van der Waals surface area contributed by atoms with Crippen LogP contribution in [0.4, 0.5) is 28.9 Å².